The SMILES string of the molecule is O=C(c1ccccc1)[C@@H]1Oc2ccccc2[C@H]2CC(c3ccc(Br)cc3)=NN21. The zero-order valence-electron chi connectivity index (χ0n) is 15.0. The van der Waals surface area contributed by atoms with Gasteiger partial charge in [0, 0.05) is 22.0 Å². The van der Waals surface area contributed by atoms with Crippen LogP contribution in [0.4, 0.5) is 0 Å². The number of hydrogen-bond acceptors (Lipinski definition) is 4. The highest BCUT2D eigenvalue weighted by molar-refractivity contribution is 9.10. The van der Waals surface area contributed by atoms with E-state index in [1.165, 1.54) is 0 Å². The summed E-state index contributed by atoms with van der Waals surface area (Å²) < 4.78 is 7.15. The molecule has 28 heavy (non-hydrogen) atoms. The molecule has 0 N–H and O–H groups in total. The van der Waals surface area contributed by atoms with E-state index in [0.29, 0.717) is 5.56 Å². The number of Topliss-reactive ketones (excluding diaryl/α,β-unsaturated/α-hetero) is 1. The molecule has 138 valence electrons. The molecule has 0 amide bonds. The molecule has 4 nitrogen and oxygen atoms in total. The normalized spacial score (nSPS) is 20.0. The van der Waals surface area contributed by atoms with Gasteiger partial charge in [-0.3, -0.25) is 4.79 Å². The Kier molecular flexibility index (Phi) is 4.24. The molecule has 0 bridgehead atoms. The Labute approximate surface area is 171 Å². The van der Waals surface area contributed by atoms with Crippen LogP contribution in [-0.4, -0.2) is 22.7 Å². The highest BCUT2D eigenvalue weighted by atomic mass is 79.9. The molecule has 0 radical (unpaired) electrons. The first-order chi connectivity index (χ1) is 13.7. The number of fused-ring (bicyclic) bond motifs is 3. The number of carbonyl (C=O) groups excluding carboxylic acids is 1. The average molecular weight is 433 g/mol. The van der Waals surface area contributed by atoms with Gasteiger partial charge in [0.15, 0.2) is 0 Å². The average Bonchev–Trinajstić information content (AvgIpc) is 3.19. The van der Waals surface area contributed by atoms with Crippen molar-refractivity contribution in [2.45, 2.75) is 18.7 Å². The lowest BCUT2D eigenvalue weighted by atomic mass is 9.96. The van der Waals surface area contributed by atoms with Crippen LogP contribution >= 0.6 is 15.9 Å². The molecule has 0 spiro atoms. The lowest BCUT2D eigenvalue weighted by Crippen LogP contribution is -2.45. The predicted octanol–water partition coefficient (Wildman–Crippen LogP) is 5.20. The molecule has 0 fully saturated rings. The number of hydrazone groups is 1. The van der Waals surface area contributed by atoms with Crippen LogP contribution in [0.15, 0.2) is 88.4 Å². The van der Waals surface area contributed by atoms with Crippen LogP contribution < -0.4 is 4.74 Å². The Morgan fingerprint density at radius 3 is 2.46 bits per heavy atom. The number of rotatable bonds is 3. The van der Waals surface area contributed by atoms with E-state index in [1.54, 1.807) is 0 Å². The largest absolute Gasteiger partial charge is 0.461 e. The molecule has 2 aliphatic rings. The monoisotopic (exact) mass is 432 g/mol. The summed E-state index contributed by atoms with van der Waals surface area (Å²) in [5, 5.41) is 6.65. The molecule has 3 aromatic carbocycles. The zero-order valence-corrected chi connectivity index (χ0v) is 16.5. The van der Waals surface area contributed by atoms with Gasteiger partial charge in [0.2, 0.25) is 5.78 Å². The molecule has 2 atom stereocenters. The highest BCUT2D eigenvalue weighted by Crippen LogP contribution is 2.43. The predicted molar refractivity (Wildman–Crippen MR) is 112 cm³/mol. The van der Waals surface area contributed by atoms with Crippen LogP contribution in [0.5, 0.6) is 5.75 Å². The van der Waals surface area contributed by atoms with Crippen molar-refractivity contribution in [3.8, 4) is 5.75 Å². The van der Waals surface area contributed by atoms with Crippen LogP contribution in [0.25, 0.3) is 0 Å². The van der Waals surface area contributed by atoms with Gasteiger partial charge < -0.3 is 4.74 Å². The molecule has 3 aromatic rings. The number of ether oxygens (including phenoxy) is 1. The van der Waals surface area contributed by atoms with Crippen LogP contribution in [0.2, 0.25) is 0 Å². The fourth-order valence-electron chi connectivity index (χ4n) is 3.77. The zero-order chi connectivity index (χ0) is 19.1. The minimum Gasteiger partial charge on any atom is -0.461 e. The Morgan fingerprint density at radius 1 is 0.964 bits per heavy atom. The molecule has 0 saturated heterocycles. The summed E-state index contributed by atoms with van der Waals surface area (Å²) in [6.07, 6.45) is -0.0316. The quantitative estimate of drug-likeness (QED) is 0.533. The highest BCUT2D eigenvalue weighted by Gasteiger charge is 2.43. The maximum absolute atomic E-state index is 13.2. The molecule has 2 heterocycles. The molecule has 5 heteroatoms. The molecular weight excluding hydrogens is 416 g/mol. The smallest absolute Gasteiger partial charge is 0.251 e. The first kappa shape index (κ1) is 17.2. The van der Waals surface area contributed by atoms with Crippen molar-refractivity contribution >= 4 is 27.4 Å². The number of ketones is 1. The molecule has 0 unspecified atom stereocenters. The maximum Gasteiger partial charge on any atom is 0.251 e. The summed E-state index contributed by atoms with van der Waals surface area (Å²) in [5.41, 5.74) is 3.71. The Morgan fingerprint density at radius 2 is 1.68 bits per heavy atom. The van der Waals surface area contributed by atoms with E-state index < -0.39 is 6.23 Å². The van der Waals surface area contributed by atoms with Gasteiger partial charge in [0.05, 0.1) is 11.8 Å². The number of benzene rings is 3. The lowest BCUT2D eigenvalue weighted by Gasteiger charge is -2.37. The summed E-state index contributed by atoms with van der Waals surface area (Å²) in [5.74, 6) is 0.672. The first-order valence-corrected chi connectivity index (χ1v) is 9.96. The van der Waals surface area contributed by atoms with E-state index in [4.69, 9.17) is 9.84 Å². The summed E-state index contributed by atoms with van der Waals surface area (Å²) in [4.78, 5) is 13.2. The van der Waals surface area contributed by atoms with E-state index in [9.17, 15) is 4.79 Å². The third kappa shape index (κ3) is 2.92. The van der Waals surface area contributed by atoms with Crippen molar-refractivity contribution in [2.75, 3.05) is 0 Å². The van der Waals surface area contributed by atoms with Crippen molar-refractivity contribution in [1.82, 2.24) is 5.01 Å². The van der Waals surface area contributed by atoms with Crippen molar-refractivity contribution in [3.05, 3.63) is 100 Å². The number of hydrogen-bond donors (Lipinski definition) is 0. The topological polar surface area (TPSA) is 41.9 Å². The second-order valence-electron chi connectivity index (χ2n) is 6.89. The summed E-state index contributed by atoms with van der Waals surface area (Å²) in [7, 11) is 0. The maximum atomic E-state index is 13.2. The fraction of sp³-hybridized carbons (Fsp3) is 0.130. The molecule has 2 aliphatic heterocycles. The third-order valence-electron chi connectivity index (χ3n) is 5.16. The standard InChI is InChI=1S/C23H17BrN2O2/c24-17-12-10-15(11-13-17)19-14-20-18-8-4-5-9-21(18)28-23(26(20)25-19)22(27)16-6-2-1-3-7-16/h1-13,20,23H,14H2/t20-,23+/m1/s1. The minimum atomic E-state index is -0.768. The second-order valence-corrected chi connectivity index (χ2v) is 7.81. The Bertz CT molecular complexity index is 1060. The summed E-state index contributed by atoms with van der Waals surface area (Å²) >= 11 is 3.48. The van der Waals surface area contributed by atoms with E-state index in [0.717, 1.165) is 33.5 Å². The number of nitrogens with zero attached hydrogens (tertiary/aromatic N) is 2. The van der Waals surface area contributed by atoms with Crippen LogP contribution in [0.3, 0.4) is 0 Å². The van der Waals surface area contributed by atoms with E-state index >= 15 is 0 Å². The minimum absolute atomic E-state index is 0.0127. The van der Waals surface area contributed by atoms with Gasteiger partial charge in [-0.05, 0) is 23.8 Å². The van der Waals surface area contributed by atoms with Gasteiger partial charge in [-0.15, -0.1) is 0 Å². The van der Waals surface area contributed by atoms with Crippen molar-refractivity contribution in [1.29, 1.82) is 0 Å². The van der Waals surface area contributed by atoms with Crippen molar-refractivity contribution in [3.63, 3.8) is 0 Å². The van der Waals surface area contributed by atoms with Gasteiger partial charge in [0.25, 0.3) is 6.23 Å². The Hall–Kier alpha value is -2.92. The molecule has 0 aliphatic carbocycles. The summed E-state index contributed by atoms with van der Waals surface area (Å²) in [6.45, 7) is 0. The van der Waals surface area contributed by atoms with Crippen LogP contribution in [0, 0.1) is 0 Å². The molecule has 0 saturated carbocycles. The molecular formula is C23H17BrN2O2. The summed E-state index contributed by atoms with van der Waals surface area (Å²) in [6, 6.07) is 25.3. The van der Waals surface area contributed by atoms with Crippen molar-refractivity contribution < 1.29 is 9.53 Å². The number of halogens is 1. The lowest BCUT2D eigenvalue weighted by molar-refractivity contribution is -0.00455. The van der Waals surface area contributed by atoms with Gasteiger partial charge in [0.1, 0.15) is 5.75 Å². The van der Waals surface area contributed by atoms with Crippen LogP contribution in [-0.2, 0) is 0 Å². The molecule has 5 rings (SSSR count). The third-order valence-corrected chi connectivity index (χ3v) is 5.69. The van der Waals surface area contributed by atoms with E-state index in [1.807, 2.05) is 77.8 Å². The number of carbonyl (C=O) groups is 1. The fourth-order valence-corrected chi connectivity index (χ4v) is 4.03. The van der Waals surface area contributed by atoms with Gasteiger partial charge in [-0.2, -0.15) is 5.10 Å². The van der Waals surface area contributed by atoms with E-state index in [-0.39, 0.29) is 11.8 Å². The van der Waals surface area contributed by atoms with E-state index in [2.05, 4.69) is 22.0 Å². The number of para-hydroxylation sites is 1. The molecule has 0 aromatic heterocycles. The first-order valence-electron chi connectivity index (χ1n) is 9.17. The second kappa shape index (κ2) is 6.91. The van der Waals surface area contributed by atoms with Crippen molar-refractivity contribution in [2.24, 2.45) is 5.10 Å². The van der Waals surface area contributed by atoms with Gasteiger partial charge in [-0.1, -0.05) is 76.6 Å². The van der Waals surface area contributed by atoms with Crippen LogP contribution in [0.1, 0.15) is 33.9 Å². The van der Waals surface area contributed by atoms with Gasteiger partial charge >= 0.3 is 0 Å². The Balaban J connectivity index is 1.56. The van der Waals surface area contributed by atoms with Gasteiger partial charge in [-0.25, -0.2) is 5.01 Å².